The average molecular weight is 345 g/mol. The first-order valence-corrected chi connectivity index (χ1v) is 9.29. The molecule has 1 N–H and O–H groups in total. The van der Waals surface area contributed by atoms with E-state index in [-0.39, 0.29) is 6.03 Å². The Morgan fingerprint density at radius 2 is 2.38 bits per heavy atom. The van der Waals surface area contributed by atoms with E-state index in [4.69, 9.17) is 0 Å². The molecule has 2 amide bonds. The Balaban J connectivity index is 1.44. The molecule has 3 heterocycles. The molecule has 0 unspecified atom stereocenters. The largest absolute Gasteiger partial charge is 0.338 e. The maximum atomic E-state index is 12.4. The molecule has 1 atom stereocenters. The molecule has 2 aromatic heterocycles. The summed E-state index contributed by atoms with van der Waals surface area (Å²) >= 11 is 1.69. The summed E-state index contributed by atoms with van der Waals surface area (Å²) in [6.07, 6.45) is 7.35. The van der Waals surface area contributed by atoms with Crippen molar-refractivity contribution in [3.05, 3.63) is 40.4 Å². The van der Waals surface area contributed by atoms with E-state index >= 15 is 0 Å². The van der Waals surface area contributed by atoms with E-state index in [1.807, 2.05) is 23.4 Å². The fourth-order valence-electron chi connectivity index (χ4n) is 3.07. The van der Waals surface area contributed by atoms with Crippen LogP contribution in [0.3, 0.4) is 0 Å². The number of rotatable bonds is 5. The number of aryl methyl sites for hydroxylation is 2. The Labute approximate surface area is 146 Å². The molecule has 128 valence electrons. The van der Waals surface area contributed by atoms with E-state index in [0.717, 1.165) is 50.2 Å². The quantitative estimate of drug-likeness (QED) is 0.846. The maximum Gasteiger partial charge on any atom is 0.317 e. The molecule has 0 bridgehead atoms. The molecule has 3 rings (SSSR count). The van der Waals surface area contributed by atoms with Crippen LogP contribution in [0.5, 0.6) is 0 Å². The molecule has 1 saturated heterocycles. The Kier molecular flexibility index (Phi) is 5.74. The van der Waals surface area contributed by atoms with E-state index in [0.29, 0.717) is 12.5 Å². The van der Waals surface area contributed by atoms with Crippen LogP contribution in [0.15, 0.2) is 24.1 Å². The number of amides is 2. The van der Waals surface area contributed by atoms with Crippen molar-refractivity contribution in [2.75, 3.05) is 19.6 Å². The molecular formula is C17H23N5OS. The Hall–Kier alpha value is -2.02. The summed E-state index contributed by atoms with van der Waals surface area (Å²) in [5, 5.41) is 3.04. The molecular weight excluding hydrogens is 322 g/mol. The van der Waals surface area contributed by atoms with Gasteiger partial charge in [-0.25, -0.2) is 19.7 Å². The summed E-state index contributed by atoms with van der Waals surface area (Å²) in [4.78, 5) is 28.1. The molecule has 1 fully saturated rings. The van der Waals surface area contributed by atoms with Crippen LogP contribution in [-0.4, -0.2) is 45.5 Å². The minimum Gasteiger partial charge on any atom is -0.338 e. The van der Waals surface area contributed by atoms with Crippen molar-refractivity contribution in [2.24, 2.45) is 0 Å². The van der Waals surface area contributed by atoms with Crippen LogP contribution in [0.2, 0.25) is 0 Å². The number of aromatic nitrogens is 3. The van der Waals surface area contributed by atoms with Crippen LogP contribution in [0, 0.1) is 6.92 Å². The van der Waals surface area contributed by atoms with Crippen LogP contribution in [0.25, 0.3) is 0 Å². The van der Waals surface area contributed by atoms with Gasteiger partial charge in [0.1, 0.15) is 6.33 Å². The predicted octanol–water partition coefficient (Wildman–Crippen LogP) is 2.76. The fraction of sp³-hybridized carbons (Fsp3) is 0.529. The third-order valence-corrected chi connectivity index (χ3v) is 5.43. The molecule has 0 spiro atoms. The van der Waals surface area contributed by atoms with E-state index < -0.39 is 0 Å². The highest BCUT2D eigenvalue weighted by Crippen LogP contribution is 2.25. The van der Waals surface area contributed by atoms with Gasteiger partial charge >= 0.3 is 6.03 Å². The Morgan fingerprint density at radius 1 is 1.46 bits per heavy atom. The molecule has 0 radical (unpaired) electrons. The van der Waals surface area contributed by atoms with E-state index in [2.05, 4.69) is 20.3 Å². The number of nitrogens with zero attached hydrogens (tertiary/aromatic N) is 4. The topological polar surface area (TPSA) is 71.0 Å². The van der Waals surface area contributed by atoms with Crippen LogP contribution >= 0.6 is 11.3 Å². The summed E-state index contributed by atoms with van der Waals surface area (Å²) in [5.74, 6) is 0.312. The molecule has 24 heavy (non-hydrogen) atoms. The van der Waals surface area contributed by atoms with E-state index in [1.165, 1.54) is 4.88 Å². The van der Waals surface area contributed by atoms with Crippen molar-refractivity contribution >= 4 is 17.4 Å². The normalized spacial score (nSPS) is 17.7. The molecule has 6 nitrogen and oxygen atoms in total. The molecule has 7 heteroatoms. The number of nitrogens with one attached hydrogen (secondary N) is 1. The van der Waals surface area contributed by atoms with E-state index in [9.17, 15) is 4.79 Å². The molecule has 0 aliphatic carbocycles. The summed E-state index contributed by atoms with van der Waals surface area (Å²) in [5.41, 5.74) is 4.02. The van der Waals surface area contributed by atoms with Gasteiger partial charge in [-0.15, -0.1) is 11.3 Å². The van der Waals surface area contributed by atoms with Gasteiger partial charge in [-0.05, 0) is 38.7 Å². The second-order valence-electron chi connectivity index (χ2n) is 6.12. The second-order valence-corrected chi connectivity index (χ2v) is 7.06. The van der Waals surface area contributed by atoms with Gasteiger partial charge in [0.25, 0.3) is 0 Å². The Bertz CT molecular complexity index is 660. The van der Waals surface area contributed by atoms with Crippen LogP contribution in [0.1, 0.15) is 41.4 Å². The second kappa shape index (κ2) is 8.19. The number of carbonyl (C=O) groups excluding carboxylic acids is 1. The van der Waals surface area contributed by atoms with Gasteiger partial charge < -0.3 is 10.2 Å². The first kappa shape index (κ1) is 16.8. The Morgan fingerprint density at radius 3 is 3.12 bits per heavy atom. The first-order valence-electron chi connectivity index (χ1n) is 8.41. The zero-order chi connectivity index (χ0) is 16.8. The minimum atomic E-state index is 0.0368. The highest BCUT2D eigenvalue weighted by molar-refractivity contribution is 7.09. The highest BCUT2D eigenvalue weighted by atomic mass is 32.1. The van der Waals surface area contributed by atoms with Gasteiger partial charge in [-0.3, -0.25) is 0 Å². The number of hydrogen-bond acceptors (Lipinski definition) is 5. The lowest BCUT2D eigenvalue weighted by atomic mass is 9.95. The van der Waals surface area contributed by atoms with Crippen molar-refractivity contribution in [3.8, 4) is 0 Å². The fourth-order valence-corrected chi connectivity index (χ4v) is 3.89. The van der Waals surface area contributed by atoms with E-state index in [1.54, 1.807) is 23.9 Å². The van der Waals surface area contributed by atoms with Gasteiger partial charge in [0.2, 0.25) is 0 Å². The molecule has 2 aromatic rings. The first-order chi connectivity index (χ1) is 11.7. The average Bonchev–Trinajstić information content (AvgIpc) is 3.04. The van der Waals surface area contributed by atoms with Gasteiger partial charge in [0.15, 0.2) is 0 Å². The number of piperidine rings is 1. The molecule has 0 aromatic carbocycles. The van der Waals surface area contributed by atoms with Crippen LogP contribution < -0.4 is 5.32 Å². The van der Waals surface area contributed by atoms with Crippen molar-refractivity contribution in [3.63, 3.8) is 0 Å². The number of hydrogen-bond donors (Lipinski definition) is 1. The predicted molar refractivity (Wildman–Crippen MR) is 94.2 cm³/mol. The van der Waals surface area contributed by atoms with Gasteiger partial charge in [-0.2, -0.15) is 0 Å². The lowest BCUT2D eigenvalue weighted by Crippen LogP contribution is -2.45. The molecule has 1 aliphatic rings. The molecule has 0 saturated carbocycles. The monoisotopic (exact) mass is 345 g/mol. The van der Waals surface area contributed by atoms with Crippen molar-refractivity contribution in [1.29, 1.82) is 0 Å². The maximum absolute atomic E-state index is 12.4. The zero-order valence-electron chi connectivity index (χ0n) is 13.9. The zero-order valence-corrected chi connectivity index (χ0v) is 14.8. The lowest BCUT2D eigenvalue weighted by molar-refractivity contribution is 0.179. The lowest BCUT2D eigenvalue weighted by Gasteiger charge is -2.32. The summed E-state index contributed by atoms with van der Waals surface area (Å²) in [6, 6.07) is 1.98. The highest BCUT2D eigenvalue weighted by Gasteiger charge is 2.25. The smallest absolute Gasteiger partial charge is 0.317 e. The van der Waals surface area contributed by atoms with Crippen molar-refractivity contribution in [1.82, 2.24) is 25.2 Å². The number of urea groups is 1. The van der Waals surface area contributed by atoms with Crippen molar-refractivity contribution in [2.45, 2.75) is 38.5 Å². The van der Waals surface area contributed by atoms with Crippen LogP contribution in [-0.2, 0) is 6.42 Å². The number of thiazole rings is 1. The van der Waals surface area contributed by atoms with Crippen molar-refractivity contribution < 1.29 is 4.79 Å². The summed E-state index contributed by atoms with van der Waals surface area (Å²) < 4.78 is 0. The van der Waals surface area contributed by atoms with Gasteiger partial charge in [0.05, 0.1) is 11.2 Å². The SMILES string of the molecule is Cc1ncsc1CCCNC(=O)N1CCC[C@H](c2ccncn2)C1. The minimum absolute atomic E-state index is 0.0368. The van der Waals surface area contributed by atoms with Crippen LogP contribution in [0.4, 0.5) is 4.79 Å². The summed E-state index contributed by atoms with van der Waals surface area (Å²) in [7, 11) is 0. The van der Waals surface area contributed by atoms with Gasteiger partial charge in [0, 0.05) is 42.3 Å². The van der Waals surface area contributed by atoms with Gasteiger partial charge in [-0.1, -0.05) is 0 Å². The third-order valence-electron chi connectivity index (χ3n) is 4.43. The summed E-state index contributed by atoms with van der Waals surface area (Å²) in [6.45, 7) is 4.29. The molecule has 1 aliphatic heterocycles. The third kappa shape index (κ3) is 4.29. The standard InChI is InChI=1S/C17H23N5OS/c1-13-16(24-12-21-13)5-2-7-19-17(23)22-9-3-4-14(10-22)15-6-8-18-11-20-15/h6,8,11-12,14H,2-5,7,9-10H2,1H3,(H,19,23)/t14-/m0/s1. The number of likely N-dealkylation sites (tertiary alicyclic amines) is 1. The number of carbonyl (C=O) groups is 1.